The standard InChI is InChI=1S/C15H20O.2C2H6/c1-11(2)8-9-12(3)14-6-5-7-15(16)13(4)10-14;2*1-2/h6,8-10,15-16H,1,3,5,7H2,2,4H3;2*1-2H3/b9-8-;;. The fourth-order valence-corrected chi connectivity index (χ4v) is 1.59. The van der Waals surface area contributed by atoms with Crippen LogP contribution >= 0.6 is 0 Å². The molecule has 0 spiro atoms. The summed E-state index contributed by atoms with van der Waals surface area (Å²) in [6.07, 6.45) is 9.44. The molecule has 0 bridgehead atoms. The van der Waals surface area contributed by atoms with E-state index < -0.39 is 0 Å². The molecule has 1 N–H and O–H groups in total. The molecule has 0 aromatic carbocycles. The maximum atomic E-state index is 9.71. The van der Waals surface area contributed by atoms with Gasteiger partial charge in [0.1, 0.15) is 0 Å². The summed E-state index contributed by atoms with van der Waals surface area (Å²) in [4.78, 5) is 0. The molecule has 0 saturated heterocycles. The molecule has 114 valence electrons. The Balaban J connectivity index is 0. The summed E-state index contributed by atoms with van der Waals surface area (Å²) in [6, 6.07) is 0. The van der Waals surface area contributed by atoms with E-state index in [1.165, 1.54) is 0 Å². The first-order valence-corrected chi connectivity index (χ1v) is 7.60. The van der Waals surface area contributed by atoms with E-state index in [1.54, 1.807) is 0 Å². The van der Waals surface area contributed by atoms with Gasteiger partial charge in [0.25, 0.3) is 0 Å². The minimum Gasteiger partial charge on any atom is -0.389 e. The number of rotatable bonds is 3. The molecule has 0 fully saturated rings. The van der Waals surface area contributed by atoms with Gasteiger partial charge in [-0.15, -0.1) is 0 Å². The highest BCUT2D eigenvalue weighted by Crippen LogP contribution is 2.22. The van der Waals surface area contributed by atoms with Crippen LogP contribution < -0.4 is 0 Å². The molecule has 1 heteroatoms. The smallest absolute Gasteiger partial charge is 0.0753 e. The molecule has 1 nitrogen and oxygen atoms in total. The lowest BCUT2D eigenvalue weighted by Crippen LogP contribution is -2.05. The van der Waals surface area contributed by atoms with E-state index in [9.17, 15) is 5.11 Å². The number of hydrogen-bond donors (Lipinski definition) is 1. The van der Waals surface area contributed by atoms with Gasteiger partial charge < -0.3 is 5.11 Å². The molecule has 1 rings (SSSR count). The second kappa shape index (κ2) is 12.7. The van der Waals surface area contributed by atoms with E-state index in [0.717, 1.165) is 35.1 Å². The molecule has 0 heterocycles. The van der Waals surface area contributed by atoms with Crippen molar-refractivity contribution < 1.29 is 5.11 Å². The van der Waals surface area contributed by atoms with E-state index in [2.05, 4.69) is 19.2 Å². The average molecular weight is 276 g/mol. The van der Waals surface area contributed by atoms with Crippen molar-refractivity contribution in [1.82, 2.24) is 0 Å². The molecule has 20 heavy (non-hydrogen) atoms. The summed E-state index contributed by atoms with van der Waals surface area (Å²) < 4.78 is 0. The maximum Gasteiger partial charge on any atom is 0.0753 e. The van der Waals surface area contributed by atoms with Gasteiger partial charge in [-0.25, -0.2) is 0 Å². The van der Waals surface area contributed by atoms with Gasteiger partial charge in [0.2, 0.25) is 0 Å². The van der Waals surface area contributed by atoms with Crippen LogP contribution in [0, 0.1) is 0 Å². The summed E-state index contributed by atoms with van der Waals surface area (Å²) in [7, 11) is 0. The van der Waals surface area contributed by atoms with Crippen LogP contribution in [0.25, 0.3) is 0 Å². The SMILES string of the molecule is C=C(C)/C=C\C(=C)C1=CCCC(O)C(C)=C1.CC.CC. The van der Waals surface area contributed by atoms with Crippen LogP contribution in [0.2, 0.25) is 0 Å². The van der Waals surface area contributed by atoms with E-state index in [1.807, 2.05) is 59.8 Å². The monoisotopic (exact) mass is 276 g/mol. The molecule has 0 aromatic rings. The van der Waals surface area contributed by atoms with Crippen LogP contribution in [0.3, 0.4) is 0 Å². The Morgan fingerprint density at radius 3 is 2.25 bits per heavy atom. The number of aliphatic hydroxyl groups is 1. The zero-order valence-electron chi connectivity index (χ0n) is 14.2. The highest BCUT2D eigenvalue weighted by molar-refractivity contribution is 5.47. The number of aliphatic hydroxyl groups excluding tert-OH is 1. The lowest BCUT2D eigenvalue weighted by molar-refractivity contribution is 0.202. The minimum absolute atomic E-state index is 0.313. The van der Waals surface area contributed by atoms with Gasteiger partial charge in [-0.1, -0.05) is 70.7 Å². The van der Waals surface area contributed by atoms with Crippen LogP contribution in [0.15, 0.2) is 59.8 Å². The zero-order valence-corrected chi connectivity index (χ0v) is 14.2. The third kappa shape index (κ3) is 8.71. The van der Waals surface area contributed by atoms with Crippen molar-refractivity contribution in [1.29, 1.82) is 0 Å². The van der Waals surface area contributed by atoms with Gasteiger partial charge in [0.05, 0.1) is 6.10 Å². The van der Waals surface area contributed by atoms with Crippen molar-refractivity contribution >= 4 is 0 Å². The van der Waals surface area contributed by atoms with Gasteiger partial charge in [-0.2, -0.15) is 0 Å². The second-order valence-corrected chi connectivity index (χ2v) is 4.35. The molecular weight excluding hydrogens is 244 g/mol. The van der Waals surface area contributed by atoms with Crippen LogP contribution in [-0.2, 0) is 0 Å². The molecule has 0 aromatic heterocycles. The van der Waals surface area contributed by atoms with E-state index >= 15 is 0 Å². The van der Waals surface area contributed by atoms with E-state index in [-0.39, 0.29) is 6.10 Å². The van der Waals surface area contributed by atoms with Crippen LogP contribution in [-0.4, -0.2) is 11.2 Å². The molecular formula is C19H32O. The van der Waals surface area contributed by atoms with Crippen molar-refractivity contribution in [2.75, 3.05) is 0 Å². The Bertz CT molecular complexity index is 381. The van der Waals surface area contributed by atoms with Gasteiger partial charge in [0, 0.05) is 0 Å². The molecule has 0 amide bonds. The van der Waals surface area contributed by atoms with Gasteiger partial charge >= 0.3 is 0 Å². The second-order valence-electron chi connectivity index (χ2n) is 4.35. The molecule has 1 unspecified atom stereocenters. The number of allylic oxidation sites excluding steroid dienone is 7. The van der Waals surface area contributed by atoms with Gasteiger partial charge in [-0.05, 0) is 43.4 Å². The summed E-state index contributed by atoms with van der Waals surface area (Å²) in [5.74, 6) is 0. The van der Waals surface area contributed by atoms with Crippen LogP contribution in [0.4, 0.5) is 0 Å². The first-order chi connectivity index (χ1) is 9.50. The van der Waals surface area contributed by atoms with Crippen molar-refractivity contribution in [2.24, 2.45) is 0 Å². The van der Waals surface area contributed by atoms with E-state index in [0.29, 0.717) is 0 Å². The molecule has 1 aliphatic rings. The third-order valence-electron chi connectivity index (χ3n) is 2.65. The fraction of sp³-hybridized carbons (Fsp3) is 0.474. The van der Waals surface area contributed by atoms with Gasteiger partial charge in [0.15, 0.2) is 0 Å². The van der Waals surface area contributed by atoms with E-state index in [4.69, 9.17) is 0 Å². The normalized spacial score (nSPS) is 17.6. The summed E-state index contributed by atoms with van der Waals surface area (Å²) in [6.45, 7) is 19.8. The molecule has 0 radical (unpaired) electrons. The number of hydrogen-bond acceptors (Lipinski definition) is 1. The largest absolute Gasteiger partial charge is 0.389 e. The average Bonchev–Trinajstić information content (AvgIpc) is 2.63. The summed E-state index contributed by atoms with van der Waals surface area (Å²) >= 11 is 0. The first-order valence-electron chi connectivity index (χ1n) is 7.60. The van der Waals surface area contributed by atoms with Crippen molar-refractivity contribution in [3.8, 4) is 0 Å². The molecule has 1 atom stereocenters. The third-order valence-corrected chi connectivity index (χ3v) is 2.65. The van der Waals surface area contributed by atoms with Crippen molar-refractivity contribution in [3.63, 3.8) is 0 Å². The van der Waals surface area contributed by atoms with Gasteiger partial charge in [-0.3, -0.25) is 0 Å². The summed E-state index contributed by atoms with van der Waals surface area (Å²) in [5.41, 5.74) is 4.09. The summed E-state index contributed by atoms with van der Waals surface area (Å²) in [5, 5.41) is 9.71. The topological polar surface area (TPSA) is 20.2 Å². The minimum atomic E-state index is -0.313. The molecule has 0 aliphatic heterocycles. The highest BCUT2D eigenvalue weighted by atomic mass is 16.3. The zero-order chi connectivity index (χ0) is 16.1. The van der Waals surface area contributed by atoms with Crippen LogP contribution in [0.1, 0.15) is 54.4 Å². The first kappa shape index (κ1) is 21.0. The van der Waals surface area contributed by atoms with Crippen molar-refractivity contribution in [2.45, 2.75) is 60.5 Å². The lowest BCUT2D eigenvalue weighted by atomic mass is 10.0. The molecule has 0 saturated carbocycles. The quantitative estimate of drug-likeness (QED) is 0.650. The fourth-order valence-electron chi connectivity index (χ4n) is 1.59. The predicted octanol–water partition coefficient (Wildman–Crippen LogP) is 5.75. The Labute approximate surface area is 126 Å². The Kier molecular flexibility index (Phi) is 13.3. The van der Waals surface area contributed by atoms with Crippen LogP contribution in [0.5, 0.6) is 0 Å². The predicted molar refractivity (Wildman–Crippen MR) is 92.9 cm³/mol. The van der Waals surface area contributed by atoms with Crippen molar-refractivity contribution in [3.05, 3.63) is 59.8 Å². The Hall–Kier alpha value is -1.34. The molecule has 1 aliphatic carbocycles. The highest BCUT2D eigenvalue weighted by Gasteiger charge is 2.10. The lowest BCUT2D eigenvalue weighted by Gasteiger charge is -2.07. The maximum absolute atomic E-state index is 9.71. The Morgan fingerprint density at radius 1 is 1.20 bits per heavy atom. The Morgan fingerprint density at radius 2 is 1.75 bits per heavy atom.